The van der Waals surface area contributed by atoms with Gasteiger partial charge in [-0.05, 0) is 83.1 Å². The second-order valence-corrected chi connectivity index (χ2v) is 12.5. The Morgan fingerprint density at radius 3 is 1.91 bits per heavy atom. The number of nitrogens with two attached hydrogens (primary N) is 4. The summed E-state index contributed by atoms with van der Waals surface area (Å²) in [4.78, 5) is 16.8. The number of aromatic amines is 1. The number of halogens is 2. The lowest BCUT2D eigenvalue weighted by atomic mass is 10.0. The number of aryl methyl sites for hydroxylation is 2. The number of aromatic nitrogens is 3. The molecule has 0 saturated heterocycles. The van der Waals surface area contributed by atoms with E-state index in [1.54, 1.807) is 6.20 Å². The van der Waals surface area contributed by atoms with E-state index in [-0.39, 0.29) is 3.78 Å². The Morgan fingerprint density at radius 1 is 0.739 bits per heavy atom. The fourth-order valence-electron chi connectivity index (χ4n) is 4.66. The maximum Gasteiger partial charge on any atom is 0.169 e. The van der Waals surface area contributed by atoms with Crippen molar-refractivity contribution in [3.05, 3.63) is 113 Å². The van der Waals surface area contributed by atoms with Crippen LogP contribution in [0.15, 0.2) is 90.3 Å². The highest BCUT2D eigenvalue weighted by Crippen LogP contribution is 2.24. The van der Waals surface area contributed by atoms with Gasteiger partial charge in [-0.15, -0.1) is 0 Å². The number of pyridine rings is 2. The smallest absolute Gasteiger partial charge is 0.169 e. The molecule has 0 atom stereocenters. The van der Waals surface area contributed by atoms with Crippen molar-refractivity contribution in [2.24, 2.45) is 16.5 Å². The zero-order chi connectivity index (χ0) is 33.3. The molecule has 240 valence electrons. The Kier molecular flexibility index (Phi) is 15.7. The number of fused-ring (bicyclic) bond motifs is 2. The molecule has 8 nitrogen and oxygen atoms in total. The van der Waals surface area contributed by atoms with E-state index in [2.05, 4.69) is 50.4 Å². The van der Waals surface area contributed by atoms with Gasteiger partial charge in [0.15, 0.2) is 9.60 Å². The third-order valence-electron chi connectivity index (χ3n) is 7.09. The second-order valence-electron chi connectivity index (χ2n) is 10.1. The number of thiocarbonyl (C=S) groups is 2. The summed E-state index contributed by atoms with van der Waals surface area (Å²) in [6, 6.07) is 21.7. The number of para-hydroxylation sites is 2. The number of nitrogens with zero attached hydrogens (tertiary/aromatic N) is 3. The van der Waals surface area contributed by atoms with Gasteiger partial charge in [-0.3, -0.25) is 0 Å². The van der Waals surface area contributed by atoms with Gasteiger partial charge in [-0.25, -0.2) is 15.0 Å². The number of anilines is 2. The molecule has 0 saturated carbocycles. The molecule has 9 N–H and O–H groups in total. The fourth-order valence-corrected chi connectivity index (χ4v) is 4.86. The summed E-state index contributed by atoms with van der Waals surface area (Å²) < 4.78 is -0.0556. The van der Waals surface area contributed by atoms with Crippen molar-refractivity contribution in [2.75, 3.05) is 11.5 Å². The largest absolute Gasteiger partial charge is 0.399 e. The van der Waals surface area contributed by atoms with Crippen LogP contribution < -0.4 is 22.9 Å². The molecule has 1 aliphatic rings. The minimum atomic E-state index is -0.0556. The maximum absolute atomic E-state index is 5.97. The molecule has 5 aromatic rings. The first-order valence-corrected chi connectivity index (χ1v) is 16.1. The minimum absolute atomic E-state index is 0.0556. The number of nitrogens with one attached hydrogen (secondary N) is 1. The van der Waals surface area contributed by atoms with E-state index in [9.17, 15) is 0 Å². The lowest BCUT2D eigenvalue weighted by molar-refractivity contribution is 0.981. The number of benzene rings is 2. The predicted molar refractivity (Wildman–Crippen MR) is 203 cm³/mol. The molecule has 2 aromatic carbocycles. The van der Waals surface area contributed by atoms with Gasteiger partial charge in [0, 0.05) is 66.6 Å². The number of nitrogen functional groups attached to an aromatic ring is 2. The lowest BCUT2D eigenvalue weighted by Gasteiger charge is -2.07. The average Bonchev–Trinajstić information content (AvgIpc) is 3.74. The van der Waals surface area contributed by atoms with Crippen molar-refractivity contribution in [1.82, 2.24) is 15.0 Å². The van der Waals surface area contributed by atoms with Gasteiger partial charge < -0.3 is 27.9 Å². The lowest BCUT2D eigenvalue weighted by Crippen LogP contribution is -2.02. The van der Waals surface area contributed by atoms with Crippen molar-refractivity contribution in [3.63, 3.8) is 0 Å². The van der Waals surface area contributed by atoms with E-state index in [1.807, 2.05) is 67.1 Å². The summed E-state index contributed by atoms with van der Waals surface area (Å²) in [5.74, 6) is 0.841. The van der Waals surface area contributed by atoms with Crippen molar-refractivity contribution in [2.45, 2.75) is 45.2 Å². The molecule has 0 spiro atoms. The number of aliphatic imine (C=N–C) groups is 1. The highest BCUT2D eigenvalue weighted by atomic mass is 35.5. The van der Waals surface area contributed by atoms with Gasteiger partial charge in [-0.1, -0.05) is 84.0 Å². The Labute approximate surface area is 290 Å². The fraction of sp³-hybridized carbons (Fsp3) is 0.206. The molecule has 46 heavy (non-hydrogen) atoms. The SMILES string of the molecule is NCc1ccccc1N.NCc1ccnc2c1CC=N2.Nc1ccccc1CCC(=S)CCc1ccnc2[nH]ccc12.S=C(Cl)Cl. The Balaban J connectivity index is 0.000000199. The summed E-state index contributed by atoms with van der Waals surface area (Å²) in [5.41, 5.74) is 30.8. The Bertz CT molecular complexity index is 1750. The standard InChI is InChI=1S/C18H19N3S.C8H9N3.C7H10N2.CCl2S/c19-17-4-2-1-3-14(17)6-8-15(22)7-5-13-9-11-20-18-16(13)10-12-21-18;9-5-6-1-3-10-8-7(6)2-4-11-8;8-5-6-3-1-2-4-7(6)9;2-1(3)4/h1-4,9-12H,5-8,19H2,(H,20,21);1,3-4H,2,5,9H2;1-4H,5,8-9H2;. The quantitative estimate of drug-likeness (QED) is 0.0641. The highest BCUT2D eigenvalue weighted by molar-refractivity contribution is 7.86. The van der Waals surface area contributed by atoms with Gasteiger partial charge in [0.2, 0.25) is 0 Å². The highest BCUT2D eigenvalue weighted by Gasteiger charge is 2.10. The minimum Gasteiger partial charge on any atom is -0.399 e. The number of hydrogen-bond donors (Lipinski definition) is 5. The maximum atomic E-state index is 5.97. The molecule has 3 aromatic heterocycles. The van der Waals surface area contributed by atoms with E-state index >= 15 is 0 Å². The first-order chi connectivity index (χ1) is 22.2. The summed E-state index contributed by atoms with van der Waals surface area (Å²) >= 11 is 19.1. The molecule has 1 aliphatic heterocycles. The van der Waals surface area contributed by atoms with Gasteiger partial charge in [0.1, 0.15) is 5.65 Å². The molecule has 0 fully saturated rings. The predicted octanol–water partition coefficient (Wildman–Crippen LogP) is 7.36. The van der Waals surface area contributed by atoms with Crippen LogP contribution in [-0.2, 0) is 32.4 Å². The van der Waals surface area contributed by atoms with Gasteiger partial charge in [0.25, 0.3) is 0 Å². The molecule has 4 heterocycles. The molecular weight excluding hydrogens is 655 g/mol. The third kappa shape index (κ3) is 11.9. The molecular formula is C34H38Cl2N8S2. The number of H-pyrrole nitrogens is 1. The van der Waals surface area contributed by atoms with E-state index < -0.39 is 0 Å². The molecule has 0 bridgehead atoms. The topological polar surface area (TPSA) is 158 Å². The normalized spacial score (nSPS) is 10.9. The first-order valence-electron chi connectivity index (χ1n) is 14.6. The molecule has 0 amide bonds. The van der Waals surface area contributed by atoms with Crippen LogP contribution in [0.2, 0.25) is 0 Å². The zero-order valence-corrected chi connectivity index (χ0v) is 28.5. The Hall–Kier alpha value is -3.77. The number of hydrogen-bond acceptors (Lipinski definition) is 9. The van der Waals surface area contributed by atoms with Crippen molar-refractivity contribution < 1.29 is 0 Å². The van der Waals surface area contributed by atoms with Crippen LogP contribution in [0.4, 0.5) is 17.2 Å². The van der Waals surface area contributed by atoms with Crippen LogP contribution in [0, 0.1) is 0 Å². The van der Waals surface area contributed by atoms with Crippen LogP contribution in [0.5, 0.6) is 0 Å². The molecule has 0 unspecified atom stereocenters. The summed E-state index contributed by atoms with van der Waals surface area (Å²) in [6.45, 7) is 1.10. The monoisotopic (exact) mass is 692 g/mol. The van der Waals surface area contributed by atoms with Gasteiger partial charge in [0.05, 0.1) is 0 Å². The third-order valence-corrected chi connectivity index (χ3v) is 7.49. The zero-order valence-electron chi connectivity index (χ0n) is 25.3. The van der Waals surface area contributed by atoms with E-state index in [1.165, 1.54) is 22.1 Å². The molecule has 12 heteroatoms. The van der Waals surface area contributed by atoms with Crippen LogP contribution in [0.25, 0.3) is 11.0 Å². The van der Waals surface area contributed by atoms with Crippen LogP contribution in [0.3, 0.4) is 0 Å². The summed E-state index contributed by atoms with van der Waals surface area (Å²) in [6.07, 6.45) is 12.0. The van der Waals surface area contributed by atoms with E-state index in [0.29, 0.717) is 13.1 Å². The summed E-state index contributed by atoms with van der Waals surface area (Å²) in [5, 5.41) is 1.19. The van der Waals surface area contributed by atoms with Crippen LogP contribution >= 0.6 is 47.6 Å². The second kappa shape index (κ2) is 19.7. The van der Waals surface area contributed by atoms with Crippen molar-refractivity contribution in [3.8, 4) is 0 Å². The molecule has 6 rings (SSSR count). The molecule has 0 aliphatic carbocycles. The van der Waals surface area contributed by atoms with Gasteiger partial charge in [-0.2, -0.15) is 0 Å². The first kappa shape index (κ1) is 36.7. The van der Waals surface area contributed by atoms with E-state index in [4.69, 9.17) is 58.4 Å². The van der Waals surface area contributed by atoms with Gasteiger partial charge >= 0.3 is 0 Å². The van der Waals surface area contributed by atoms with Crippen molar-refractivity contribution >= 4 is 90.7 Å². The Morgan fingerprint density at radius 2 is 1.30 bits per heavy atom. The average molecular weight is 694 g/mol. The summed E-state index contributed by atoms with van der Waals surface area (Å²) in [7, 11) is 0. The van der Waals surface area contributed by atoms with Crippen LogP contribution in [0.1, 0.15) is 40.7 Å². The van der Waals surface area contributed by atoms with Crippen molar-refractivity contribution in [1.29, 1.82) is 0 Å². The number of rotatable bonds is 8. The molecule has 0 radical (unpaired) electrons. The van der Waals surface area contributed by atoms with Crippen LogP contribution in [-0.4, -0.2) is 29.8 Å². The van der Waals surface area contributed by atoms with E-state index in [0.717, 1.165) is 70.9 Å².